The number of hydrogen-bond acceptors (Lipinski definition) is 8. The summed E-state index contributed by atoms with van der Waals surface area (Å²) in [5.74, 6) is -1.07. The monoisotopic (exact) mass is 342 g/mol. The lowest BCUT2D eigenvalue weighted by Gasteiger charge is -2.25. The summed E-state index contributed by atoms with van der Waals surface area (Å²) in [5.41, 5.74) is 0. The molecule has 0 unspecified atom stereocenters. The molecule has 1 heterocycles. The molecule has 0 amide bonds. The summed E-state index contributed by atoms with van der Waals surface area (Å²) in [6.07, 6.45) is 0. The fraction of sp³-hybridized carbons (Fsp3) is 0. The first-order valence-corrected chi connectivity index (χ1v) is 8.53. The van der Waals surface area contributed by atoms with Crippen molar-refractivity contribution in [1.29, 1.82) is 0 Å². The molecule has 116 valence electrons. The number of para-hydroxylation sites is 2. The van der Waals surface area contributed by atoms with Gasteiger partial charge in [-0.25, -0.2) is 16.8 Å². The lowest BCUT2D eigenvalue weighted by molar-refractivity contribution is 0.339. The van der Waals surface area contributed by atoms with E-state index < -0.39 is 41.5 Å². The molecule has 0 saturated heterocycles. The van der Waals surface area contributed by atoms with Crippen molar-refractivity contribution in [2.45, 2.75) is 9.79 Å². The minimum Gasteiger partial charge on any atom is -0.744 e. The maximum absolute atomic E-state index is 11.2. The molecule has 3 rings (SSSR count). The summed E-state index contributed by atoms with van der Waals surface area (Å²) >= 11 is 0. The number of hydrogen-bond donors (Lipinski definition) is 0. The summed E-state index contributed by atoms with van der Waals surface area (Å²) in [5, 5.41) is 0. The zero-order valence-electron chi connectivity index (χ0n) is 10.5. The van der Waals surface area contributed by atoms with Crippen LogP contribution in [0, 0.1) is 0 Å². The van der Waals surface area contributed by atoms with E-state index in [0.717, 1.165) is 12.1 Å². The predicted octanol–water partition coefficient (Wildman–Crippen LogP) is 1.39. The van der Waals surface area contributed by atoms with Crippen LogP contribution < -0.4 is 9.47 Å². The highest BCUT2D eigenvalue weighted by atomic mass is 32.2. The van der Waals surface area contributed by atoms with Crippen LogP contribution in [0.5, 0.6) is 23.0 Å². The average molecular weight is 342 g/mol. The molecule has 0 spiro atoms. The second kappa shape index (κ2) is 4.68. The summed E-state index contributed by atoms with van der Waals surface area (Å²) in [6.45, 7) is 0. The van der Waals surface area contributed by atoms with Crippen molar-refractivity contribution in [3.63, 3.8) is 0 Å². The van der Waals surface area contributed by atoms with E-state index >= 15 is 0 Å². The maximum Gasteiger partial charge on any atom is 0.187 e. The Kier molecular flexibility index (Phi) is 3.14. The fourth-order valence-corrected chi connectivity index (χ4v) is 3.20. The molecule has 0 fully saturated rings. The Balaban J connectivity index is 2.26. The van der Waals surface area contributed by atoms with Gasteiger partial charge < -0.3 is 18.6 Å². The number of benzene rings is 2. The van der Waals surface area contributed by atoms with E-state index in [9.17, 15) is 25.9 Å². The van der Waals surface area contributed by atoms with Gasteiger partial charge in [0, 0.05) is 0 Å². The molecular weight excluding hydrogens is 336 g/mol. The van der Waals surface area contributed by atoms with Crippen LogP contribution in [-0.4, -0.2) is 25.9 Å². The van der Waals surface area contributed by atoms with Gasteiger partial charge in [0.2, 0.25) is 0 Å². The third-order valence-electron chi connectivity index (χ3n) is 2.85. The Labute approximate surface area is 125 Å². The molecule has 0 radical (unpaired) electrons. The molecule has 1 aliphatic heterocycles. The highest BCUT2D eigenvalue weighted by Crippen LogP contribution is 2.50. The molecule has 1 aliphatic rings. The topological polar surface area (TPSA) is 133 Å². The van der Waals surface area contributed by atoms with Crippen molar-refractivity contribution in [2.75, 3.05) is 0 Å². The van der Waals surface area contributed by atoms with Crippen LogP contribution in [0.1, 0.15) is 0 Å². The summed E-state index contributed by atoms with van der Waals surface area (Å²) in [7, 11) is -9.76. The average Bonchev–Trinajstić information content (AvgIpc) is 2.41. The first kappa shape index (κ1) is 14.8. The molecular formula is C12H6O8S2-2. The number of ether oxygens (including phenoxy) is 2. The minimum absolute atomic E-state index is 0.0788. The van der Waals surface area contributed by atoms with E-state index in [4.69, 9.17) is 9.47 Å². The second-order valence-electron chi connectivity index (χ2n) is 4.28. The molecule has 0 bridgehead atoms. The Morgan fingerprint density at radius 1 is 0.682 bits per heavy atom. The number of rotatable bonds is 2. The molecule has 2 aromatic carbocycles. The van der Waals surface area contributed by atoms with Crippen LogP contribution in [-0.2, 0) is 20.2 Å². The Morgan fingerprint density at radius 2 is 1.09 bits per heavy atom. The van der Waals surface area contributed by atoms with Gasteiger partial charge in [0.25, 0.3) is 0 Å². The molecule has 0 N–H and O–H groups in total. The molecule has 0 atom stereocenters. The standard InChI is InChI=1S/C12H8O8S2/c13-21(14,15)9-5-1-3-7-11(9)20-12-8(19-7)4-2-6-10(12)22(16,17)18/h1-6H,(H,13,14,15)(H,16,17,18)/p-2. The third-order valence-corrected chi connectivity index (χ3v) is 4.57. The fourth-order valence-electron chi connectivity index (χ4n) is 1.97. The van der Waals surface area contributed by atoms with Crippen LogP contribution in [0.15, 0.2) is 46.2 Å². The van der Waals surface area contributed by atoms with E-state index in [2.05, 4.69) is 0 Å². The second-order valence-corrected chi connectivity index (χ2v) is 6.98. The van der Waals surface area contributed by atoms with Gasteiger partial charge in [0.15, 0.2) is 23.0 Å². The van der Waals surface area contributed by atoms with Gasteiger partial charge >= 0.3 is 0 Å². The molecule has 10 heteroatoms. The van der Waals surface area contributed by atoms with Crippen molar-refractivity contribution in [2.24, 2.45) is 0 Å². The van der Waals surface area contributed by atoms with E-state index in [0.29, 0.717) is 0 Å². The number of fused-ring (bicyclic) bond motifs is 2. The Morgan fingerprint density at radius 3 is 1.45 bits per heavy atom. The first-order valence-electron chi connectivity index (χ1n) is 5.71. The predicted molar refractivity (Wildman–Crippen MR) is 69.0 cm³/mol. The van der Waals surface area contributed by atoms with Crippen LogP contribution in [0.2, 0.25) is 0 Å². The van der Waals surface area contributed by atoms with Gasteiger partial charge in [-0.05, 0) is 24.3 Å². The van der Waals surface area contributed by atoms with Crippen LogP contribution in [0.4, 0.5) is 0 Å². The lowest BCUT2D eigenvalue weighted by atomic mass is 10.2. The summed E-state index contributed by atoms with van der Waals surface area (Å²) < 4.78 is 77.9. The Hall–Kier alpha value is -2.14. The van der Waals surface area contributed by atoms with E-state index in [1.54, 1.807) is 0 Å². The quantitative estimate of drug-likeness (QED) is 0.638. The highest BCUT2D eigenvalue weighted by molar-refractivity contribution is 7.86. The van der Waals surface area contributed by atoms with Crippen molar-refractivity contribution in [3.8, 4) is 23.0 Å². The third kappa shape index (κ3) is 2.41. The zero-order chi connectivity index (χ0) is 16.1. The van der Waals surface area contributed by atoms with Crippen molar-refractivity contribution in [3.05, 3.63) is 36.4 Å². The van der Waals surface area contributed by atoms with Gasteiger partial charge in [-0.3, -0.25) is 0 Å². The highest BCUT2D eigenvalue weighted by Gasteiger charge is 2.27. The van der Waals surface area contributed by atoms with Crippen LogP contribution in [0.25, 0.3) is 0 Å². The normalized spacial score (nSPS) is 13.5. The van der Waals surface area contributed by atoms with Gasteiger partial charge in [0.1, 0.15) is 30.0 Å². The zero-order valence-corrected chi connectivity index (χ0v) is 12.2. The maximum atomic E-state index is 11.2. The largest absolute Gasteiger partial charge is 0.744 e. The molecule has 0 saturated carbocycles. The van der Waals surface area contributed by atoms with Crippen LogP contribution in [0.3, 0.4) is 0 Å². The van der Waals surface area contributed by atoms with Crippen LogP contribution >= 0.6 is 0 Å². The van der Waals surface area contributed by atoms with E-state index in [1.165, 1.54) is 24.3 Å². The van der Waals surface area contributed by atoms with Gasteiger partial charge in [-0.2, -0.15) is 0 Å². The lowest BCUT2D eigenvalue weighted by Crippen LogP contribution is -2.09. The molecule has 2 aromatic rings. The van der Waals surface area contributed by atoms with E-state index in [1.807, 2.05) is 0 Å². The molecule has 22 heavy (non-hydrogen) atoms. The van der Waals surface area contributed by atoms with Gasteiger partial charge in [0.05, 0.1) is 0 Å². The molecule has 8 nitrogen and oxygen atoms in total. The SMILES string of the molecule is O=S(=O)([O-])c1cccc2c1Oc1c(cccc1S(=O)(=O)[O-])O2. The van der Waals surface area contributed by atoms with Crippen molar-refractivity contribution < 1.29 is 35.4 Å². The summed E-state index contributed by atoms with van der Waals surface area (Å²) in [6, 6.07) is 7.20. The Bertz CT molecular complexity index is 897. The summed E-state index contributed by atoms with van der Waals surface area (Å²) in [4.78, 5) is -1.43. The molecule has 0 aromatic heterocycles. The first-order chi connectivity index (χ1) is 10.2. The van der Waals surface area contributed by atoms with Crippen molar-refractivity contribution in [1.82, 2.24) is 0 Å². The van der Waals surface area contributed by atoms with E-state index in [-0.39, 0.29) is 11.5 Å². The van der Waals surface area contributed by atoms with Gasteiger partial charge in [-0.1, -0.05) is 12.1 Å². The smallest absolute Gasteiger partial charge is 0.187 e. The van der Waals surface area contributed by atoms with Crippen molar-refractivity contribution >= 4 is 20.2 Å². The molecule has 0 aliphatic carbocycles. The minimum atomic E-state index is -4.88. The van der Waals surface area contributed by atoms with Gasteiger partial charge in [-0.15, -0.1) is 0 Å².